The van der Waals surface area contributed by atoms with Crippen LogP contribution < -0.4 is 5.32 Å². The highest BCUT2D eigenvalue weighted by Crippen LogP contribution is 2.22. The summed E-state index contributed by atoms with van der Waals surface area (Å²) in [5, 5.41) is 7.48. The molecule has 0 aliphatic rings. The lowest BCUT2D eigenvalue weighted by molar-refractivity contribution is -0.112. The number of carbonyl (C=O) groups excluding carboxylic acids is 1. The Kier molecular flexibility index (Phi) is 5.96. The van der Waals surface area contributed by atoms with Gasteiger partial charge in [-0.25, -0.2) is 0 Å². The Labute approximate surface area is 144 Å². The van der Waals surface area contributed by atoms with Crippen molar-refractivity contribution in [3.05, 3.63) is 58.9 Å². The molecule has 0 saturated heterocycles. The molecule has 1 aromatic heterocycles. The number of aromatic nitrogens is 2. The summed E-state index contributed by atoms with van der Waals surface area (Å²) in [5.74, 6) is -0.0879. The minimum atomic E-state index is -0.0879. The molecule has 1 amide bonds. The minimum Gasteiger partial charge on any atom is -0.319 e. The number of anilines is 1. The van der Waals surface area contributed by atoms with Crippen LogP contribution in [-0.2, 0) is 11.2 Å². The van der Waals surface area contributed by atoms with E-state index in [1.54, 1.807) is 6.08 Å². The van der Waals surface area contributed by atoms with Gasteiger partial charge in [-0.1, -0.05) is 35.9 Å². The summed E-state index contributed by atoms with van der Waals surface area (Å²) < 4.78 is 1.94. The summed E-state index contributed by atoms with van der Waals surface area (Å²) in [7, 11) is 0. The molecule has 128 valence electrons. The van der Waals surface area contributed by atoms with Gasteiger partial charge in [-0.15, -0.1) is 0 Å². The second kappa shape index (κ2) is 7.95. The number of amides is 1. The van der Waals surface area contributed by atoms with Gasteiger partial charge in [-0.05, 0) is 53.0 Å². The van der Waals surface area contributed by atoms with Gasteiger partial charge in [0.05, 0.1) is 17.1 Å². The molecule has 0 bridgehead atoms. The minimum absolute atomic E-state index is 0.0879. The number of hydrogen-bond acceptors (Lipinski definition) is 2. The number of nitrogens with one attached hydrogen (secondary N) is 1. The summed E-state index contributed by atoms with van der Waals surface area (Å²) >= 11 is 0. The summed E-state index contributed by atoms with van der Waals surface area (Å²) in [5.41, 5.74) is 5.02. The number of aryl methyl sites for hydroxylation is 2. The zero-order chi connectivity index (χ0) is 17.7. The molecule has 0 unspecified atom stereocenters. The smallest absolute Gasteiger partial charge is 0.248 e. The van der Waals surface area contributed by atoms with Crippen LogP contribution in [0.4, 0.5) is 5.69 Å². The van der Waals surface area contributed by atoms with Gasteiger partial charge in [-0.3, -0.25) is 9.48 Å². The molecule has 0 radical (unpaired) electrons. The molecule has 24 heavy (non-hydrogen) atoms. The Morgan fingerprint density at radius 3 is 2.50 bits per heavy atom. The van der Waals surface area contributed by atoms with Gasteiger partial charge in [0, 0.05) is 12.1 Å². The fourth-order valence-electron chi connectivity index (χ4n) is 2.79. The van der Waals surface area contributed by atoms with Gasteiger partial charge in [-0.2, -0.15) is 5.10 Å². The fraction of sp³-hybridized carbons (Fsp3) is 0.400. The van der Waals surface area contributed by atoms with Crippen LogP contribution in [0.3, 0.4) is 0 Å². The Hall–Kier alpha value is -2.36. The van der Waals surface area contributed by atoms with Gasteiger partial charge in [0.15, 0.2) is 0 Å². The van der Waals surface area contributed by atoms with Crippen LogP contribution in [0.1, 0.15) is 50.2 Å². The van der Waals surface area contributed by atoms with Crippen molar-refractivity contribution < 1.29 is 4.79 Å². The largest absolute Gasteiger partial charge is 0.319 e. The van der Waals surface area contributed by atoms with E-state index >= 15 is 0 Å². The number of hydrogen-bond donors (Lipinski definition) is 1. The summed E-state index contributed by atoms with van der Waals surface area (Å²) in [6.07, 6.45) is 3.51. The van der Waals surface area contributed by atoms with E-state index in [4.69, 9.17) is 0 Å². The Morgan fingerprint density at radius 2 is 1.92 bits per heavy atom. The van der Waals surface area contributed by atoms with Crippen molar-refractivity contribution in [1.29, 1.82) is 0 Å². The Balaban J connectivity index is 1.99. The molecule has 1 aromatic carbocycles. The highest BCUT2D eigenvalue weighted by molar-refractivity contribution is 6.00. The molecule has 0 spiro atoms. The quantitative estimate of drug-likeness (QED) is 0.789. The standard InChI is InChI=1S/C20H27N3O/c1-14(2)23-17(5)20(16(4)22-23)21-19(24)13-15(3)11-12-18-9-7-6-8-10-18/h6-10,13-14H,11-12H2,1-5H3,(H,21,24)/b15-13+. The molecular formula is C20H27N3O. The van der Waals surface area contributed by atoms with Crippen molar-refractivity contribution in [2.45, 2.75) is 53.5 Å². The van der Waals surface area contributed by atoms with E-state index in [2.05, 4.69) is 36.4 Å². The van der Waals surface area contributed by atoms with Crippen molar-refractivity contribution >= 4 is 11.6 Å². The molecule has 4 heteroatoms. The van der Waals surface area contributed by atoms with E-state index in [0.29, 0.717) is 0 Å². The fourth-order valence-corrected chi connectivity index (χ4v) is 2.79. The van der Waals surface area contributed by atoms with Crippen molar-refractivity contribution in [2.75, 3.05) is 5.32 Å². The predicted octanol–water partition coefficient (Wildman–Crippen LogP) is 4.60. The maximum absolute atomic E-state index is 12.3. The average molecular weight is 325 g/mol. The molecule has 0 aliphatic carbocycles. The third kappa shape index (κ3) is 4.57. The number of benzene rings is 1. The SMILES string of the molecule is C/C(=C\C(=O)Nc1c(C)nn(C(C)C)c1C)CCc1ccccc1. The zero-order valence-electron chi connectivity index (χ0n) is 15.3. The molecular weight excluding hydrogens is 298 g/mol. The van der Waals surface area contributed by atoms with Crippen LogP contribution in [-0.4, -0.2) is 15.7 Å². The molecule has 4 nitrogen and oxygen atoms in total. The molecule has 0 aliphatic heterocycles. The number of carbonyl (C=O) groups is 1. The third-order valence-corrected chi connectivity index (χ3v) is 4.09. The molecule has 1 N–H and O–H groups in total. The normalized spacial score (nSPS) is 11.8. The van der Waals surface area contributed by atoms with E-state index in [9.17, 15) is 4.79 Å². The highest BCUT2D eigenvalue weighted by Gasteiger charge is 2.14. The molecule has 1 heterocycles. The van der Waals surface area contributed by atoms with Crippen LogP contribution in [0.15, 0.2) is 42.0 Å². The first kappa shape index (κ1) is 18.0. The summed E-state index contributed by atoms with van der Waals surface area (Å²) in [6.45, 7) is 10.1. The maximum Gasteiger partial charge on any atom is 0.248 e. The summed E-state index contributed by atoms with van der Waals surface area (Å²) in [4.78, 5) is 12.3. The summed E-state index contributed by atoms with van der Waals surface area (Å²) in [6, 6.07) is 10.6. The number of rotatable bonds is 6. The molecule has 0 atom stereocenters. The first-order valence-electron chi connectivity index (χ1n) is 8.46. The lowest BCUT2D eigenvalue weighted by atomic mass is 10.1. The van der Waals surface area contributed by atoms with Crippen LogP contribution in [0, 0.1) is 13.8 Å². The van der Waals surface area contributed by atoms with Gasteiger partial charge >= 0.3 is 0 Å². The van der Waals surface area contributed by atoms with Gasteiger partial charge in [0.25, 0.3) is 0 Å². The van der Waals surface area contributed by atoms with Crippen LogP contribution in [0.2, 0.25) is 0 Å². The maximum atomic E-state index is 12.3. The van der Waals surface area contributed by atoms with Crippen molar-refractivity contribution in [2.24, 2.45) is 0 Å². The lowest BCUT2D eigenvalue weighted by Crippen LogP contribution is -2.11. The Morgan fingerprint density at radius 1 is 1.25 bits per heavy atom. The van der Waals surface area contributed by atoms with E-state index in [1.807, 2.05) is 43.7 Å². The highest BCUT2D eigenvalue weighted by atomic mass is 16.1. The monoisotopic (exact) mass is 325 g/mol. The number of nitrogens with zero attached hydrogens (tertiary/aromatic N) is 2. The van der Waals surface area contributed by atoms with Crippen LogP contribution in [0.25, 0.3) is 0 Å². The van der Waals surface area contributed by atoms with Gasteiger partial charge < -0.3 is 5.32 Å². The molecule has 0 fully saturated rings. The zero-order valence-corrected chi connectivity index (χ0v) is 15.3. The molecule has 2 aromatic rings. The van der Waals surface area contributed by atoms with Crippen LogP contribution >= 0.6 is 0 Å². The Bertz CT molecular complexity index is 727. The van der Waals surface area contributed by atoms with Crippen molar-refractivity contribution in [3.8, 4) is 0 Å². The van der Waals surface area contributed by atoms with E-state index in [1.165, 1.54) is 5.56 Å². The van der Waals surface area contributed by atoms with Crippen molar-refractivity contribution in [1.82, 2.24) is 9.78 Å². The molecule has 0 saturated carbocycles. The second-order valence-corrected chi connectivity index (χ2v) is 6.55. The van der Waals surface area contributed by atoms with E-state index in [0.717, 1.165) is 35.5 Å². The average Bonchev–Trinajstić information content (AvgIpc) is 2.82. The second-order valence-electron chi connectivity index (χ2n) is 6.55. The van der Waals surface area contributed by atoms with Crippen LogP contribution in [0.5, 0.6) is 0 Å². The topological polar surface area (TPSA) is 46.9 Å². The van der Waals surface area contributed by atoms with E-state index < -0.39 is 0 Å². The van der Waals surface area contributed by atoms with Gasteiger partial charge in [0.1, 0.15) is 0 Å². The molecule has 2 rings (SSSR count). The third-order valence-electron chi connectivity index (χ3n) is 4.09. The first-order valence-corrected chi connectivity index (χ1v) is 8.46. The first-order chi connectivity index (χ1) is 11.4. The van der Waals surface area contributed by atoms with E-state index in [-0.39, 0.29) is 11.9 Å². The lowest BCUT2D eigenvalue weighted by Gasteiger charge is -2.09. The predicted molar refractivity (Wildman–Crippen MR) is 99.2 cm³/mol. The van der Waals surface area contributed by atoms with Crippen molar-refractivity contribution in [3.63, 3.8) is 0 Å². The van der Waals surface area contributed by atoms with Gasteiger partial charge in [0.2, 0.25) is 5.91 Å². The number of allylic oxidation sites excluding steroid dienone is 1.